The van der Waals surface area contributed by atoms with Crippen molar-refractivity contribution in [2.75, 3.05) is 26.2 Å². The summed E-state index contributed by atoms with van der Waals surface area (Å²) in [6, 6.07) is 6.60. The van der Waals surface area contributed by atoms with Crippen LogP contribution in [0.1, 0.15) is 18.9 Å². The van der Waals surface area contributed by atoms with Crippen molar-refractivity contribution in [1.29, 1.82) is 0 Å². The molecule has 0 aromatic heterocycles. The number of nitrogens with zero attached hydrogens (tertiary/aromatic N) is 1. The highest BCUT2D eigenvalue weighted by Crippen LogP contribution is 2.11. The van der Waals surface area contributed by atoms with Crippen molar-refractivity contribution >= 4 is 5.91 Å². The molecule has 1 amide bonds. The van der Waals surface area contributed by atoms with Crippen molar-refractivity contribution in [2.45, 2.75) is 19.8 Å². The lowest BCUT2D eigenvalue weighted by molar-refractivity contribution is -0.137. The Bertz CT molecular complexity index is 432. The molecule has 4 heteroatoms. The number of rotatable bonds is 6. The van der Waals surface area contributed by atoms with Gasteiger partial charge in [-0.2, -0.15) is 0 Å². The van der Waals surface area contributed by atoms with Gasteiger partial charge in [0.2, 0.25) is 5.91 Å². The molecule has 0 radical (unpaired) electrons. The van der Waals surface area contributed by atoms with Gasteiger partial charge in [0, 0.05) is 26.2 Å². The van der Waals surface area contributed by atoms with E-state index in [0.29, 0.717) is 13.0 Å². The van der Waals surface area contributed by atoms with E-state index in [1.165, 1.54) is 6.07 Å². The minimum atomic E-state index is -0.214. The van der Waals surface area contributed by atoms with Gasteiger partial charge in [0.1, 0.15) is 5.82 Å². The first-order valence-electron chi connectivity index (χ1n) is 6.94. The van der Waals surface area contributed by atoms with E-state index in [0.717, 1.165) is 31.6 Å². The van der Waals surface area contributed by atoms with Crippen LogP contribution in [0.2, 0.25) is 0 Å². The summed E-state index contributed by atoms with van der Waals surface area (Å²) in [5, 5.41) is 3.12. The summed E-state index contributed by atoms with van der Waals surface area (Å²) >= 11 is 0. The molecule has 1 aromatic rings. The molecule has 2 rings (SSSR count). The predicted molar refractivity (Wildman–Crippen MR) is 73.3 cm³/mol. The summed E-state index contributed by atoms with van der Waals surface area (Å²) in [6.07, 6.45) is 1.67. The van der Waals surface area contributed by atoms with Crippen LogP contribution in [-0.2, 0) is 11.2 Å². The van der Waals surface area contributed by atoms with Crippen LogP contribution in [0.25, 0.3) is 0 Å². The highest BCUT2D eigenvalue weighted by atomic mass is 19.1. The van der Waals surface area contributed by atoms with Crippen LogP contribution in [0.4, 0.5) is 4.39 Å². The van der Waals surface area contributed by atoms with E-state index in [1.807, 2.05) is 11.0 Å². The summed E-state index contributed by atoms with van der Waals surface area (Å²) in [5.74, 6) is 0.158. The monoisotopic (exact) mass is 264 g/mol. The van der Waals surface area contributed by atoms with Crippen LogP contribution in [0, 0.1) is 11.7 Å². The maximum absolute atomic E-state index is 13.1. The largest absolute Gasteiger partial charge is 0.342 e. The Morgan fingerprint density at radius 1 is 1.42 bits per heavy atom. The number of benzene rings is 1. The quantitative estimate of drug-likeness (QED) is 0.850. The second-order valence-electron chi connectivity index (χ2n) is 5.06. The Kier molecular flexibility index (Phi) is 4.91. The fourth-order valence-corrected chi connectivity index (χ4v) is 2.28. The van der Waals surface area contributed by atoms with Crippen molar-refractivity contribution in [3.8, 4) is 0 Å². The highest BCUT2D eigenvalue weighted by molar-refractivity contribution is 5.80. The number of halogens is 1. The van der Waals surface area contributed by atoms with Gasteiger partial charge in [-0.3, -0.25) is 4.79 Å². The Labute approximate surface area is 113 Å². The average Bonchev–Trinajstić information content (AvgIpc) is 2.32. The molecule has 0 spiro atoms. The number of carbonyl (C=O) groups is 1. The van der Waals surface area contributed by atoms with Gasteiger partial charge >= 0.3 is 0 Å². The Balaban J connectivity index is 1.90. The molecule has 0 unspecified atom stereocenters. The molecule has 1 aromatic carbocycles. The smallest absolute Gasteiger partial charge is 0.228 e. The molecule has 0 atom stereocenters. The predicted octanol–water partition coefficient (Wildman–Crippen LogP) is 1.83. The third-order valence-electron chi connectivity index (χ3n) is 3.50. The molecule has 3 nitrogen and oxygen atoms in total. The standard InChI is InChI=1S/C15H21FN2O/c1-2-7-18(15(19)13-10-17-11-13)8-6-12-4-3-5-14(16)9-12/h3-5,9,13,17H,2,6-8,10-11H2,1H3. The van der Waals surface area contributed by atoms with E-state index in [-0.39, 0.29) is 17.6 Å². The van der Waals surface area contributed by atoms with Gasteiger partial charge in [-0.25, -0.2) is 4.39 Å². The third-order valence-corrected chi connectivity index (χ3v) is 3.50. The van der Waals surface area contributed by atoms with Crippen molar-refractivity contribution in [1.82, 2.24) is 10.2 Å². The Hall–Kier alpha value is -1.42. The summed E-state index contributed by atoms with van der Waals surface area (Å²) in [7, 11) is 0. The van der Waals surface area contributed by atoms with Crippen LogP contribution in [-0.4, -0.2) is 37.0 Å². The molecule has 1 fully saturated rings. The first-order chi connectivity index (χ1) is 9.20. The van der Waals surface area contributed by atoms with E-state index in [1.54, 1.807) is 12.1 Å². The van der Waals surface area contributed by atoms with Crippen LogP contribution in [0.15, 0.2) is 24.3 Å². The average molecular weight is 264 g/mol. The molecule has 0 saturated carbocycles. The molecular weight excluding hydrogens is 243 g/mol. The first-order valence-corrected chi connectivity index (χ1v) is 6.94. The van der Waals surface area contributed by atoms with Crippen molar-refractivity contribution in [2.24, 2.45) is 5.92 Å². The zero-order valence-electron chi connectivity index (χ0n) is 11.4. The molecular formula is C15H21FN2O. The maximum atomic E-state index is 13.1. The zero-order chi connectivity index (χ0) is 13.7. The van der Waals surface area contributed by atoms with Crippen LogP contribution < -0.4 is 5.32 Å². The van der Waals surface area contributed by atoms with E-state index < -0.39 is 0 Å². The summed E-state index contributed by atoms with van der Waals surface area (Å²) in [4.78, 5) is 14.1. The molecule has 1 aliphatic rings. The topological polar surface area (TPSA) is 32.3 Å². The molecule has 1 N–H and O–H groups in total. The maximum Gasteiger partial charge on any atom is 0.228 e. The lowest BCUT2D eigenvalue weighted by atomic mass is 10.0. The normalized spacial score (nSPS) is 15.1. The van der Waals surface area contributed by atoms with E-state index in [4.69, 9.17) is 0 Å². The van der Waals surface area contributed by atoms with Crippen molar-refractivity contribution < 1.29 is 9.18 Å². The van der Waals surface area contributed by atoms with Crippen molar-refractivity contribution in [3.05, 3.63) is 35.6 Å². The van der Waals surface area contributed by atoms with Gasteiger partial charge in [-0.1, -0.05) is 19.1 Å². The van der Waals surface area contributed by atoms with Gasteiger partial charge in [0.15, 0.2) is 0 Å². The second kappa shape index (κ2) is 6.66. The van der Waals surface area contributed by atoms with Crippen LogP contribution >= 0.6 is 0 Å². The number of hydrogen-bond acceptors (Lipinski definition) is 2. The van der Waals surface area contributed by atoms with Crippen LogP contribution in [0.3, 0.4) is 0 Å². The second-order valence-corrected chi connectivity index (χ2v) is 5.06. The number of amides is 1. The van der Waals surface area contributed by atoms with Gasteiger partial charge in [-0.15, -0.1) is 0 Å². The van der Waals surface area contributed by atoms with Crippen molar-refractivity contribution in [3.63, 3.8) is 0 Å². The lowest BCUT2D eigenvalue weighted by Gasteiger charge is -2.32. The minimum Gasteiger partial charge on any atom is -0.342 e. The van der Waals surface area contributed by atoms with Gasteiger partial charge in [0.05, 0.1) is 5.92 Å². The van der Waals surface area contributed by atoms with Gasteiger partial charge < -0.3 is 10.2 Å². The molecule has 0 aliphatic carbocycles. The molecule has 1 aliphatic heterocycles. The summed E-state index contributed by atoms with van der Waals surface area (Å²) < 4.78 is 13.1. The molecule has 1 saturated heterocycles. The van der Waals surface area contributed by atoms with E-state index in [2.05, 4.69) is 12.2 Å². The molecule has 19 heavy (non-hydrogen) atoms. The number of carbonyl (C=O) groups excluding carboxylic acids is 1. The van der Waals surface area contributed by atoms with E-state index >= 15 is 0 Å². The Morgan fingerprint density at radius 2 is 2.21 bits per heavy atom. The van der Waals surface area contributed by atoms with Gasteiger partial charge in [-0.05, 0) is 30.5 Å². The number of nitrogens with one attached hydrogen (secondary N) is 1. The fourth-order valence-electron chi connectivity index (χ4n) is 2.28. The SMILES string of the molecule is CCCN(CCc1cccc(F)c1)C(=O)C1CNC1. The van der Waals surface area contributed by atoms with E-state index in [9.17, 15) is 9.18 Å². The van der Waals surface area contributed by atoms with Crippen LogP contribution in [0.5, 0.6) is 0 Å². The summed E-state index contributed by atoms with van der Waals surface area (Å²) in [5.41, 5.74) is 0.945. The molecule has 1 heterocycles. The third kappa shape index (κ3) is 3.77. The minimum absolute atomic E-state index is 0.138. The Morgan fingerprint density at radius 3 is 2.79 bits per heavy atom. The van der Waals surface area contributed by atoms with Gasteiger partial charge in [0.25, 0.3) is 0 Å². The molecule has 104 valence electrons. The lowest BCUT2D eigenvalue weighted by Crippen LogP contribution is -2.52. The fraction of sp³-hybridized carbons (Fsp3) is 0.533. The molecule has 0 bridgehead atoms. The number of hydrogen-bond donors (Lipinski definition) is 1. The highest BCUT2D eigenvalue weighted by Gasteiger charge is 2.28. The first kappa shape index (κ1) is 14.0. The summed E-state index contributed by atoms with van der Waals surface area (Å²) in [6.45, 7) is 5.11. The zero-order valence-corrected chi connectivity index (χ0v) is 11.4.